The van der Waals surface area contributed by atoms with Crippen molar-refractivity contribution in [2.45, 2.75) is 27.2 Å². The average molecular weight is 229 g/mol. The number of rotatable bonds is 2. The number of carboxylic acid groups (broad SMARTS) is 1. The van der Waals surface area contributed by atoms with Crippen molar-refractivity contribution in [2.24, 2.45) is 5.41 Å². The summed E-state index contributed by atoms with van der Waals surface area (Å²) in [7, 11) is 0. The number of aromatic nitrogens is 2. The predicted octanol–water partition coefficient (Wildman–Crippen LogP) is 2.42. The third kappa shape index (κ3) is 3.83. The van der Waals surface area contributed by atoms with Crippen molar-refractivity contribution in [3.05, 3.63) is 22.7 Å². The molecule has 0 atom stereocenters. The Balaban J connectivity index is 3.04. The van der Waals surface area contributed by atoms with Gasteiger partial charge >= 0.3 is 5.97 Å². The largest absolute Gasteiger partial charge is 0.477 e. The molecule has 0 unspecified atom stereocenters. The number of carbonyl (C=O) groups is 1. The van der Waals surface area contributed by atoms with E-state index in [0.717, 1.165) is 0 Å². The minimum Gasteiger partial charge on any atom is -0.477 e. The summed E-state index contributed by atoms with van der Waals surface area (Å²) in [4.78, 5) is 18.6. The van der Waals surface area contributed by atoms with Crippen molar-refractivity contribution >= 4 is 17.6 Å². The van der Waals surface area contributed by atoms with Crippen LogP contribution >= 0.6 is 11.6 Å². The molecule has 82 valence electrons. The number of nitrogens with zero attached hydrogens (tertiary/aromatic N) is 2. The topological polar surface area (TPSA) is 63.1 Å². The molecule has 0 fully saturated rings. The van der Waals surface area contributed by atoms with Gasteiger partial charge in [-0.15, -0.1) is 0 Å². The van der Waals surface area contributed by atoms with Crippen LogP contribution in [0.5, 0.6) is 0 Å². The van der Waals surface area contributed by atoms with Gasteiger partial charge in [0.25, 0.3) is 0 Å². The van der Waals surface area contributed by atoms with Crippen LogP contribution in [0.15, 0.2) is 6.07 Å². The molecular formula is C10H13ClN2O2. The molecular weight excluding hydrogens is 216 g/mol. The van der Waals surface area contributed by atoms with E-state index in [2.05, 4.69) is 9.97 Å². The van der Waals surface area contributed by atoms with E-state index in [1.54, 1.807) is 0 Å². The molecule has 1 heterocycles. The average Bonchev–Trinajstić information content (AvgIpc) is 1.99. The lowest BCUT2D eigenvalue weighted by Gasteiger charge is -2.16. The van der Waals surface area contributed by atoms with Crippen LogP contribution in [0.2, 0.25) is 5.15 Å². The Hall–Kier alpha value is -1.16. The number of carboxylic acids is 1. The minimum absolute atomic E-state index is 0.000452. The second-order valence-electron chi connectivity index (χ2n) is 4.53. The van der Waals surface area contributed by atoms with Gasteiger partial charge in [-0.05, 0) is 5.41 Å². The number of aromatic carboxylic acids is 1. The molecule has 0 saturated carbocycles. The fourth-order valence-corrected chi connectivity index (χ4v) is 1.33. The van der Waals surface area contributed by atoms with Crippen LogP contribution in [0.3, 0.4) is 0 Å². The zero-order chi connectivity index (χ0) is 11.6. The maximum absolute atomic E-state index is 10.7. The summed E-state index contributed by atoms with van der Waals surface area (Å²) in [5.41, 5.74) is -0.0604. The zero-order valence-corrected chi connectivity index (χ0v) is 9.67. The molecule has 0 aromatic carbocycles. The van der Waals surface area contributed by atoms with Gasteiger partial charge < -0.3 is 5.11 Å². The van der Waals surface area contributed by atoms with E-state index in [9.17, 15) is 4.79 Å². The Morgan fingerprint density at radius 3 is 2.53 bits per heavy atom. The van der Waals surface area contributed by atoms with E-state index in [0.29, 0.717) is 12.2 Å². The fraction of sp³-hybridized carbons (Fsp3) is 0.500. The highest BCUT2D eigenvalue weighted by molar-refractivity contribution is 6.29. The number of hydrogen-bond donors (Lipinski definition) is 1. The monoisotopic (exact) mass is 228 g/mol. The normalized spacial score (nSPS) is 11.5. The molecule has 0 amide bonds. The van der Waals surface area contributed by atoms with Gasteiger partial charge in [0.1, 0.15) is 11.0 Å². The third-order valence-corrected chi connectivity index (χ3v) is 1.84. The Morgan fingerprint density at radius 1 is 1.47 bits per heavy atom. The van der Waals surface area contributed by atoms with E-state index in [1.165, 1.54) is 6.07 Å². The SMILES string of the molecule is CC(C)(C)Cc1nc(Cl)cc(C(=O)O)n1. The predicted molar refractivity (Wildman–Crippen MR) is 57.2 cm³/mol. The highest BCUT2D eigenvalue weighted by Gasteiger charge is 2.16. The van der Waals surface area contributed by atoms with Crippen LogP contribution in [0.4, 0.5) is 0 Å². The number of halogens is 1. The molecule has 0 radical (unpaired) electrons. The Morgan fingerprint density at radius 2 is 2.07 bits per heavy atom. The van der Waals surface area contributed by atoms with Crippen molar-refractivity contribution in [3.63, 3.8) is 0 Å². The quantitative estimate of drug-likeness (QED) is 0.790. The van der Waals surface area contributed by atoms with Crippen LogP contribution in [0.25, 0.3) is 0 Å². The highest BCUT2D eigenvalue weighted by atomic mass is 35.5. The van der Waals surface area contributed by atoms with Gasteiger partial charge in [0.05, 0.1) is 0 Å². The summed E-state index contributed by atoms with van der Waals surface area (Å²) >= 11 is 5.71. The van der Waals surface area contributed by atoms with Gasteiger partial charge in [0.2, 0.25) is 0 Å². The van der Waals surface area contributed by atoms with E-state index in [1.807, 2.05) is 20.8 Å². The molecule has 1 aromatic heterocycles. The molecule has 15 heavy (non-hydrogen) atoms. The summed E-state index contributed by atoms with van der Waals surface area (Å²) in [5, 5.41) is 8.95. The summed E-state index contributed by atoms with van der Waals surface area (Å²) in [6, 6.07) is 1.25. The van der Waals surface area contributed by atoms with Gasteiger partial charge in [0.15, 0.2) is 5.69 Å². The Labute approximate surface area is 93.3 Å². The van der Waals surface area contributed by atoms with E-state index >= 15 is 0 Å². The Bertz CT molecular complexity index is 385. The first-order valence-electron chi connectivity index (χ1n) is 4.55. The second kappa shape index (κ2) is 4.14. The van der Waals surface area contributed by atoms with Crippen LogP contribution in [-0.4, -0.2) is 21.0 Å². The lowest BCUT2D eigenvalue weighted by atomic mass is 9.92. The van der Waals surface area contributed by atoms with E-state index in [-0.39, 0.29) is 16.3 Å². The molecule has 0 aliphatic rings. The van der Waals surface area contributed by atoms with Crippen LogP contribution in [0, 0.1) is 5.41 Å². The van der Waals surface area contributed by atoms with Crippen LogP contribution in [-0.2, 0) is 6.42 Å². The molecule has 5 heteroatoms. The van der Waals surface area contributed by atoms with E-state index in [4.69, 9.17) is 16.7 Å². The second-order valence-corrected chi connectivity index (χ2v) is 4.92. The summed E-state index contributed by atoms with van der Waals surface area (Å²) in [6.07, 6.45) is 0.591. The van der Waals surface area contributed by atoms with E-state index < -0.39 is 5.97 Å². The van der Waals surface area contributed by atoms with Gasteiger partial charge in [-0.3, -0.25) is 0 Å². The van der Waals surface area contributed by atoms with Gasteiger partial charge in [0, 0.05) is 12.5 Å². The van der Waals surface area contributed by atoms with Crippen molar-refractivity contribution in [2.75, 3.05) is 0 Å². The van der Waals surface area contributed by atoms with Gasteiger partial charge in [-0.2, -0.15) is 0 Å². The molecule has 1 aromatic rings. The smallest absolute Gasteiger partial charge is 0.354 e. The minimum atomic E-state index is -1.09. The van der Waals surface area contributed by atoms with Crippen molar-refractivity contribution in [3.8, 4) is 0 Å². The third-order valence-electron chi connectivity index (χ3n) is 1.65. The van der Waals surface area contributed by atoms with Crippen molar-refractivity contribution in [1.29, 1.82) is 0 Å². The maximum atomic E-state index is 10.7. The molecule has 0 saturated heterocycles. The molecule has 0 spiro atoms. The van der Waals surface area contributed by atoms with Crippen molar-refractivity contribution < 1.29 is 9.90 Å². The first-order chi connectivity index (χ1) is 6.78. The molecule has 0 bridgehead atoms. The molecule has 1 rings (SSSR count). The van der Waals surface area contributed by atoms with Gasteiger partial charge in [-0.25, -0.2) is 14.8 Å². The zero-order valence-electron chi connectivity index (χ0n) is 8.91. The summed E-state index contributed by atoms with van der Waals surface area (Å²) in [6.45, 7) is 6.08. The lowest BCUT2D eigenvalue weighted by Crippen LogP contribution is -2.14. The molecule has 4 nitrogen and oxygen atoms in total. The molecule has 0 aliphatic heterocycles. The Kier molecular flexibility index (Phi) is 3.29. The highest BCUT2D eigenvalue weighted by Crippen LogP contribution is 2.19. The first-order valence-corrected chi connectivity index (χ1v) is 4.92. The molecule has 0 aliphatic carbocycles. The molecule has 1 N–H and O–H groups in total. The summed E-state index contributed by atoms with van der Waals surface area (Å²) < 4.78 is 0. The standard InChI is InChI=1S/C10H13ClN2O2/c1-10(2,3)5-8-12-6(9(14)15)4-7(11)13-8/h4H,5H2,1-3H3,(H,14,15). The maximum Gasteiger partial charge on any atom is 0.354 e. The summed E-state index contributed by atoms with van der Waals surface area (Å²) in [5.74, 6) is -0.623. The van der Waals surface area contributed by atoms with Crippen LogP contribution in [0.1, 0.15) is 37.1 Å². The number of hydrogen-bond acceptors (Lipinski definition) is 3. The fourth-order valence-electron chi connectivity index (χ4n) is 1.13. The van der Waals surface area contributed by atoms with Crippen LogP contribution < -0.4 is 0 Å². The lowest BCUT2D eigenvalue weighted by molar-refractivity contribution is 0.0689. The van der Waals surface area contributed by atoms with Crippen molar-refractivity contribution in [1.82, 2.24) is 9.97 Å². The first kappa shape index (κ1) is 11.9. The van der Waals surface area contributed by atoms with Gasteiger partial charge in [-0.1, -0.05) is 32.4 Å².